The van der Waals surface area contributed by atoms with E-state index in [4.69, 9.17) is 0 Å². The average molecular weight is 354 g/mol. The van der Waals surface area contributed by atoms with Crippen LogP contribution in [0.4, 0.5) is 5.69 Å². The molecular weight excluding hydrogens is 330 g/mol. The van der Waals surface area contributed by atoms with Gasteiger partial charge in [0.2, 0.25) is 5.91 Å². The maximum atomic E-state index is 12.4. The number of rotatable bonds is 7. The van der Waals surface area contributed by atoms with Gasteiger partial charge in [0.25, 0.3) is 4.83 Å². The first-order chi connectivity index (χ1) is 12.2. The molecule has 0 fully saturated rings. The molecule has 3 rings (SSSR count). The Hall–Kier alpha value is -2.27. The van der Waals surface area contributed by atoms with Crippen molar-refractivity contribution in [1.82, 2.24) is 4.98 Å². The molecule has 0 spiro atoms. The van der Waals surface area contributed by atoms with E-state index < -0.39 is 0 Å². The lowest BCUT2D eigenvalue weighted by molar-refractivity contribution is -0.341. The molecule has 0 unspecified atom stereocenters. The molecule has 130 valence electrons. The number of nitrogens with zero attached hydrogens (tertiary/aromatic N) is 1. The summed E-state index contributed by atoms with van der Waals surface area (Å²) in [7, 11) is 0. The number of nitrogens with one attached hydrogen (secondary N) is 2. The van der Waals surface area contributed by atoms with Gasteiger partial charge in [-0.15, -0.1) is 0 Å². The highest BCUT2D eigenvalue weighted by Gasteiger charge is 2.17. The van der Waals surface area contributed by atoms with Crippen molar-refractivity contribution in [2.45, 2.75) is 39.5 Å². The van der Waals surface area contributed by atoms with E-state index in [9.17, 15) is 4.79 Å². The summed E-state index contributed by atoms with van der Waals surface area (Å²) in [6.07, 6.45) is 5.86. The molecule has 0 saturated heterocycles. The van der Waals surface area contributed by atoms with Crippen LogP contribution in [0.5, 0.6) is 0 Å². The van der Waals surface area contributed by atoms with Crippen LogP contribution in [-0.4, -0.2) is 10.9 Å². The molecule has 2 heterocycles. The lowest BCUT2D eigenvalue weighted by Gasteiger charge is -2.15. The van der Waals surface area contributed by atoms with Crippen molar-refractivity contribution in [3.63, 3.8) is 0 Å². The van der Waals surface area contributed by atoms with E-state index in [1.807, 2.05) is 42.6 Å². The Balaban J connectivity index is 1.72. The number of hydrogen-bond donors (Lipinski definition) is 1. The van der Waals surface area contributed by atoms with Gasteiger partial charge >= 0.3 is 0 Å². The molecule has 5 heteroatoms. The van der Waals surface area contributed by atoms with Crippen molar-refractivity contribution in [1.29, 1.82) is 0 Å². The van der Waals surface area contributed by atoms with Gasteiger partial charge in [-0.2, -0.15) is 0 Å². The fourth-order valence-electron chi connectivity index (χ4n) is 2.98. The summed E-state index contributed by atoms with van der Waals surface area (Å²) in [5.41, 5.74) is 2.88. The van der Waals surface area contributed by atoms with Crippen LogP contribution in [0.15, 0.2) is 42.6 Å². The maximum absolute atomic E-state index is 12.4. The normalized spacial score (nSPS) is 11.2. The van der Waals surface area contributed by atoms with Crippen LogP contribution in [0, 0.1) is 5.92 Å². The van der Waals surface area contributed by atoms with E-state index in [2.05, 4.69) is 29.1 Å². The van der Waals surface area contributed by atoms with Gasteiger partial charge in [-0.3, -0.25) is 4.79 Å². The van der Waals surface area contributed by atoms with Gasteiger partial charge in [0.15, 0.2) is 6.20 Å². The highest BCUT2D eigenvalue weighted by atomic mass is 32.1. The highest BCUT2D eigenvalue weighted by Crippen LogP contribution is 2.28. The monoisotopic (exact) mass is 354 g/mol. The number of thiazole rings is 1. The third-order valence-corrected chi connectivity index (χ3v) is 5.31. The van der Waals surface area contributed by atoms with Gasteiger partial charge in [0.05, 0.1) is 0 Å². The van der Waals surface area contributed by atoms with E-state index in [1.165, 1.54) is 0 Å². The molecule has 4 nitrogen and oxygen atoms in total. The second kappa shape index (κ2) is 8.21. The number of carbonyl (C=O) groups is 1. The Morgan fingerprint density at radius 2 is 1.88 bits per heavy atom. The molecule has 2 aromatic heterocycles. The molecule has 0 aliphatic carbocycles. The predicted molar refractivity (Wildman–Crippen MR) is 104 cm³/mol. The second-order valence-corrected chi connectivity index (χ2v) is 7.24. The van der Waals surface area contributed by atoms with Crippen LogP contribution in [0.1, 0.15) is 39.5 Å². The van der Waals surface area contributed by atoms with Crippen LogP contribution < -0.4 is 10.3 Å². The third kappa shape index (κ3) is 4.23. The SMILES string of the molecule is CCCC(CCC)C(=O)Nc1ccc(-c2nc3ccc[nH+]c3s2)cc1. The molecule has 0 atom stereocenters. The minimum Gasteiger partial charge on any atom is -0.326 e. The minimum absolute atomic E-state index is 0.106. The predicted octanol–water partition coefficient (Wildman–Crippen LogP) is 4.93. The first-order valence-electron chi connectivity index (χ1n) is 8.89. The number of H-pyrrole nitrogens is 1. The molecule has 1 aromatic carbocycles. The fraction of sp³-hybridized carbons (Fsp3) is 0.350. The molecule has 0 bridgehead atoms. The van der Waals surface area contributed by atoms with Gasteiger partial charge < -0.3 is 5.32 Å². The first-order valence-corrected chi connectivity index (χ1v) is 9.71. The number of fused-ring (bicyclic) bond motifs is 1. The molecule has 25 heavy (non-hydrogen) atoms. The van der Waals surface area contributed by atoms with Gasteiger partial charge in [-0.25, -0.2) is 9.97 Å². The van der Waals surface area contributed by atoms with Crippen LogP contribution >= 0.6 is 11.3 Å². The summed E-state index contributed by atoms with van der Waals surface area (Å²) in [6, 6.07) is 11.9. The highest BCUT2D eigenvalue weighted by molar-refractivity contribution is 7.20. The second-order valence-electron chi connectivity index (χ2n) is 6.24. The van der Waals surface area contributed by atoms with Crippen molar-refractivity contribution in [3.05, 3.63) is 42.6 Å². The zero-order valence-electron chi connectivity index (χ0n) is 14.7. The van der Waals surface area contributed by atoms with Gasteiger partial charge in [-0.05, 0) is 54.5 Å². The third-order valence-electron chi connectivity index (χ3n) is 4.26. The van der Waals surface area contributed by atoms with Gasteiger partial charge in [0.1, 0.15) is 10.5 Å². The van der Waals surface area contributed by atoms with Gasteiger partial charge in [-0.1, -0.05) is 26.7 Å². The molecule has 0 aliphatic heterocycles. The van der Waals surface area contributed by atoms with Crippen molar-refractivity contribution in [2.24, 2.45) is 5.92 Å². The topological polar surface area (TPSA) is 56.1 Å². The number of amides is 1. The Morgan fingerprint density at radius 1 is 1.16 bits per heavy atom. The summed E-state index contributed by atoms with van der Waals surface area (Å²) in [5, 5.41) is 4.03. The number of pyridine rings is 1. The molecule has 0 saturated carbocycles. The molecule has 2 N–H and O–H groups in total. The molecular formula is C20H24N3OS+. The standard InChI is InChI=1S/C20H23N3OS/c1-3-6-14(7-4-2)18(24)22-16-11-9-15(10-12-16)19-23-17-8-5-13-21-20(17)25-19/h5,8-14H,3-4,6-7H2,1-2H3,(H,22,24)/p+1. The van der Waals surface area contributed by atoms with Crippen LogP contribution in [0.25, 0.3) is 20.9 Å². The van der Waals surface area contributed by atoms with Crippen LogP contribution in [0.3, 0.4) is 0 Å². The number of aromatic nitrogens is 2. The Labute approximate surface area is 152 Å². The molecule has 0 aliphatic rings. The Bertz CT molecular complexity index is 803. The van der Waals surface area contributed by atoms with E-state index in [1.54, 1.807) is 11.3 Å². The number of anilines is 1. The lowest BCUT2D eigenvalue weighted by atomic mass is 9.97. The average Bonchev–Trinajstić information content (AvgIpc) is 3.06. The van der Waals surface area contributed by atoms with Crippen molar-refractivity contribution in [3.8, 4) is 10.6 Å². The minimum atomic E-state index is 0.106. The zero-order valence-corrected chi connectivity index (χ0v) is 15.5. The fourth-order valence-corrected chi connectivity index (χ4v) is 3.92. The number of aromatic amines is 1. The van der Waals surface area contributed by atoms with Gasteiger partial charge in [0, 0.05) is 23.2 Å². The van der Waals surface area contributed by atoms with E-state index in [0.717, 1.165) is 52.3 Å². The van der Waals surface area contributed by atoms with Crippen molar-refractivity contribution in [2.75, 3.05) is 5.32 Å². The van der Waals surface area contributed by atoms with Crippen molar-refractivity contribution < 1.29 is 9.78 Å². The maximum Gasteiger partial charge on any atom is 0.287 e. The summed E-state index contributed by atoms with van der Waals surface area (Å²) < 4.78 is 0. The van der Waals surface area contributed by atoms with Crippen LogP contribution in [-0.2, 0) is 4.79 Å². The van der Waals surface area contributed by atoms with E-state index in [-0.39, 0.29) is 11.8 Å². The number of carbonyl (C=O) groups excluding carboxylic acids is 1. The molecule has 0 radical (unpaired) electrons. The number of hydrogen-bond acceptors (Lipinski definition) is 3. The zero-order chi connectivity index (χ0) is 17.6. The number of benzene rings is 1. The van der Waals surface area contributed by atoms with Crippen LogP contribution in [0.2, 0.25) is 0 Å². The Morgan fingerprint density at radius 3 is 2.52 bits per heavy atom. The quantitative estimate of drug-likeness (QED) is 0.654. The summed E-state index contributed by atoms with van der Waals surface area (Å²) in [4.78, 5) is 21.4. The van der Waals surface area contributed by atoms with Crippen molar-refractivity contribution >= 4 is 33.3 Å². The largest absolute Gasteiger partial charge is 0.326 e. The lowest BCUT2D eigenvalue weighted by Crippen LogP contribution is -2.22. The summed E-state index contributed by atoms with van der Waals surface area (Å²) in [5.74, 6) is 0.237. The molecule has 3 aromatic rings. The summed E-state index contributed by atoms with van der Waals surface area (Å²) in [6.45, 7) is 4.25. The Kier molecular flexibility index (Phi) is 5.76. The molecule has 1 amide bonds. The smallest absolute Gasteiger partial charge is 0.287 e. The van der Waals surface area contributed by atoms with E-state index in [0.29, 0.717) is 0 Å². The first kappa shape index (κ1) is 17.5. The van der Waals surface area contributed by atoms with E-state index >= 15 is 0 Å². The summed E-state index contributed by atoms with van der Waals surface area (Å²) >= 11 is 1.63.